The molecule has 0 aromatic rings. The normalized spacial score (nSPS) is 26.0. The predicted octanol–water partition coefficient (Wildman–Crippen LogP) is 0.245. The number of nitrogens with zero attached hydrogens (tertiary/aromatic N) is 3. The number of likely N-dealkylation sites (tertiary alicyclic amines) is 1. The van der Waals surface area contributed by atoms with Crippen molar-refractivity contribution in [3.63, 3.8) is 0 Å². The van der Waals surface area contributed by atoms with E-state index >= 15 is 0 Å². The summed E-state index contributed by atoms with van der Waals surface area (Å²) in [7, 11) is 2.20. The molecule has 2 aliphatic rings. The number of carbonyl (C=O) groups is 1. The van der Waals surface area contributed by atoms with Gasteiger partial charge in [0.2, 0.25) is 5.91 Å². The minimum absolute atomic E-state index is 0.225. The quantitative estimate of drug-likeness (QED) is 0.640. The fraction of sp³-hybridized carbons (Fsp3) is 0.917. The van der Waals surface area contributed by atoms with Gasteiger partial charge in [-0.25, -0.2) is 0 Å². The Morgan fingerprint density at radius 2 is 1.56 bits per heavy atom. The number of hydrogen-bond donors (Lipinski definition) is 0. The van der Waals surface area contributed by atoms with E-state index in [1.54, 1.807) is 6.92 Å². The second-order valence-electron chi connectivity index (χ2n) is 5.08. The Kier molecular flexibility index (Phi) is 3.82. The van der Waals surface area contributed by atoms with Gasteiger partial charge in [-0.15, -0.1) is 0 Å². The molecule has 0 bridgehead atoms. The Balaban J connectivity index is 1.78. The van der Waals surface area contributed by atoms with Crippen LogP contribution in [0.2, 0.25) is 0 Å². The van der Waals surface area contributed by atoms with E-state index in [-0.39, 0.29) is 5.91 Å². The molecule has 2 heterocycles. The van der Waals surface area contributed by atoms with E-state index < -0.39 is 0 Å². The third-order valence-corrected chi connectivity index (χ3v) is 3.96. The van der Waals surface area contributed by atoms with Crippen LogP contribution in [0.15, 0.2) is 0 Å². The summed E-state index contributed by atoms with van der Waals surface area (Å²) in [4.78, 5) is 18.2. The standard InChI is InChI=1S/C12H23N3O/c1-11(16)14-7-9-15(10-8-14)12-3-5-13(2)6-4-12/h12H,3-10H2,1-2H3. The highest BCUT2D eigenvalue weighted by atomic mass is 16.2. The highest BCUT2D eigenvalue weighted by molar-refractivity contribution is 5.73. The summed E-state index contributed by atoms with van der Waals surface area (Å²) >= 11 is 0. The lowest BCUT2D eigenvalue weighted by molar-refractivity contribution is -0.131. The van der Waals surface area contributed by atoms with Crippen molar-refractivity contribution in [3.05, 3.63) is 0 Å². The van der Waals surface area contributed by atoms with E-state index in [9.17, 15) is 4.79 Å². The highest BCUT2D eigenvalue weighted by Crippen LogP contribution is 2.17. The summed E-state index contributed by atoms with van der Waals surface area (Å²) in [5.74, 6) is 0.225. The van der Waals surface area contributed by atoms with Gasteiger partial charge in [0.1, 0.15) is 0 Å². The first-order valence-corrected chi connectivity index (χ1v) is 6.35. The molecule has 16 heavy (non-hydrogen) atoms. The van der Waals surface area contributed by atoms with Crippen LogP contribution in [-0.4, -0.2) is 73.0 Å². The van der Waals surface area contributed by atoms with Gasteiger partial charge in [0, 0.05) is 39.1 Å². The van der Waals surface area contributed by atoms with Crippen LogP contribution in [0.4, 0.5) is 0 Å². The van der Waals surface area contributed by atoms with E-state index in [1.165, 1.54) is 25.9 Å². The van der Waals surface area contributed by atoms with Gasteiger partial charge < -0.3 is 9.80 Å². The first-order valence-electron chi connectivity index (χ1n) is 6.35. The lowest BCUT2D eigenvalue weighted by Gasteiger charge is -2.42. The maximum absolute atomic E-state index is 11.2. The van der Waals surface area contributed by atoms with Gasteiger partial charge in [-0.3, -0.25) is 9.69 Å². The summed E-state index contributed by atoms with van der Waals surface area (Å²) in [5.41, 5.74) is 0. The van der Waals surface area contributed by atoms with E-state index in [0.717, 1.165) is 32.2 Å². The van der Waals surface area contributed by atoms with Crippen molar-refractivity contribution >= 4 is 5.91 Å². The van der Waals surface area contributed by atoms with Crippen molar-refractivity contribution in [2.24, 2.45) is 0 Å². The van der Waals surface area contributed by atoms with Gasteiger partial charge in [-0.1, -0.05) is 0 Å². The molecule has 0 unspecified atom stereocenters. The molecule has 0 aliphatic carbocycles. The summed E-state index contributed by atoms with van der Waals surface area (Å²) < 4.78 is 0. The van der Waals surface area contributed by atoms with Crippen LogP contribution in [0.1, 0.15) is 19.8 Å². The second kappa shape index (κ2) is 5.15. The zero-order valence-corrected chi connectivity index (χ0v) is 10.5. The van der Waals surface area contributed by atoms with E-state index in [1.807, 2.05) is 4.90 Å². The predicted molar refractivity (Wildman–Crippen MR) is 64.3 cm³/mol. The number of rotatable bonds is 1. The van der Waals surface area contributed by atoms with Crippen LogP contribution in [-0.2, 0) is 4.79 Å². The van der Waals surface area contributed by atoms with Crippen molar-refractivity contribution in [2.75, 3.05) is 46.3 Å². The lowest BCUT2D eigenvalue weighted by Crippen LogP contribution is -2.53. The minimum atomic E-state index is 0.225. The first kappa shape index (κ1) is 11.9. The van der Waals surface area contributed by atoms with Crippen molar-refractivity contribution in [2.45, 2.75) is 25.8 Å². The summed E-state index contributed by atoms with van der Waals surface area (Å²) in [6.07, 6.45) is 2.58. The fourth-order valence-corrected chi connectivity index (χ4v) is 2.76. The summed E-state index contributed by atoms with van der Waals surface area (Å²) in [6, 6.07) is 0.755. The molecule has 0 saturated carbocycles. The molecule has 2 saturated heterocycles. The fourth-order valence-electron chi connectivity index (χ4n) is 2.76. The number of piperidine rings is 1. The molecule has 0 atom stereocenters. The molecule has 0 aromatic carbocycles. The molecule has 0 aromatic heterocycles. The Labute approximate surface area is 98.2 Å². The molecular weight excluding hydrogens is 202 g/mol. The first-order chi connectivity index (χ1) is 7.66. The number of amides is 1. The van der Waals surface area contributed by atoms with Crippen molar-refractivity contribution < 1.29 is 4.79 Å². The average Bonchev–Trinajstić information content (AvgIpc) is 2.30. The third kappa shape index (κ3) is 2.74. The van der Waals surface area contributed by atoms with Crippen LogP contribution < -0.4 is 0 Å². The topological polar surface area (TPSA) is 26.8 Å². The van der Waals surface area contributed by atoms with Crippen LogP contribution in [0.3, 0.4) is 0 Å². The Morgan fingerprint density at radius 3 is 2.06 bits per heavy atom. The van der Waals surface area contributed by atoms with Crippen molar-refractivity contribution in [1.82, 2.24) is 14.7 Å². The van der Waals surface area contributed by atoms with Crippen LogP contribution in [0, 0.1) is 0 Å². The highest BCUT2D eigenvalue weighted by Gasteiger charge is 2.26. The maximum Gasteiger partial charge on any atom is 0.219 e. The Morgan fingerprint density at radius 1 is 1.00 bits per heavy atom. The largest absolute Gasteiger partial charge is 0.340 e. The minimum Gasteiger partial charge on any atom is -0.340 e. The van der Waals surface area contributed by atoms with Crippen LogP contribution in [0.25, 0.3) is 0 Å². The lowest BCUT2D eigenvalue weighted by atomic mass is 10.0. The van der Waals surface area contributed by atoms with E-state index in [0.29, 0.717) is 0 Å². The van der Waals surface area contributed by atoms with Crippen molar-refractivity contribution in [1.29, 1.82) is 0 Å². The average molecular weight is 225 g/mol. The molecule has 0 N–H and O–H groups in total. The molecule has 4 heteroatoms. The maximum atomic E-state index is 11.2. The molecular formula is C12H23N3O. The summed E-state index contributed by atoms with van der Waals surface area (Å²) in [5, 5.41) is 0. The Hall–Kier alpha value is -0.610. The molecule has 92 valence electrons. The molecule has 2 fully saturated rings. The monoisotopic (exact) mass is 225 g/mol. The van der Waals surface area contributed by atoms with E-state index in [4.69, 9.17) is 0 Å². The molecule has 2 aliphatic heterocycles. The number of hydrogen-bond acceptors (Lipinski definition) is 3. The van der Waals surface area contributed by atoms with E-state index in [2.05, 4.69) is 16.8 Å². The van der Waals surface area contributed by atoms with Crippen LogP contribution >= 0.6 is 0 Å². The third-order valence-electron chi connectivity index (χ3n) is 3.96. The molecule has 0 radical (unpaired) electrons. The zero-order valence-electron chi connectivity index (χ0n) is 10.5. The molecule has 1 amide bonds. The van der Waals surface area contributed by atoms with Gasteiger partial charge in [-0.05, 0) is 33.0 Å². The van der Waals surface area contributed by atoms with Gasteiger partial charge >= 0.3 is 0 Å². The molecule has 4 nitrogen and oxygen atoms in total. The summed E-state index contributed by atoms with van der Waals surface area (Å²) in [6.45, 7) is 8.08. The second-order valence-corrected chi connectivity index (χ2v) is 5.08. The SMILES string of the molecule is CC(=O)N1CCN(C2CCN(C)CC2)CC1. The number of piperazine rings is 1. The molecule has 2 rings (SSSR count). The smallest absolute Gasteiger partial charge is 0.219 e. The van der Waals surface area contributed by atoms with Crippen molar-refractivity contribution in [3.8, 4) is 0 Å². The van der Waals surface area contributed by atoms with Gasteiger partial charge in [0.25, 0.3) is 0 Å². The van der Waals surface area contributed by atoms with Crippen LogP contribution in [0.5, 0.6) is 0 Å². The zero-order chi connectivity index (χ0) is 11.5. The van der Waals surface area contributed by atoms with Gasteiger partial charge in [0.05, 0.1) is 0 Å². The van der Waals surface area contributed by atoms with Gasteiger partial charge in [0.15, 0.2) is 0 Å². The molecule has 0 spiro atoms. The Bertz CT molecular complexity index is 241. The number of carbonyl (C=O) groups excluding carboxylic acids is 1. The van der Waals surface area contributed by atoms with Gasteiger partial charge in [-0.2, -0.15) is 0 Å².